The fourth-order valence-corrected chi connectivity index (χ4v) is 3.14. The summed E-state index contributed by atoms with van der Waals surface area (Å²) in [7, 11) is 1.42. The fourth-order valence-electron chi connectivity index (χ4n) is 2.71. The van der Waals surface area contributed by atoms with E-state index in [2.05, 4.69) is 15.8 Å². The number of esters is 1. The number of benzene rings is 3. The second kappa shape index (κ2) is 12.2. The van der Waals surface area contributed by atoms with Gasteiger partial charge in [0.25, 0.3) is 11.8 Å². The molecule has 2 N–H and O–H groups in total. The molecule has 0 aliphatic heterocycles. The van der Waals surface area contributed by atoms with Crippen LogP contribution >= 0.6 is 34.8 Å². The number of nitrogens with zero attached hydrogens (tertiary/aromatic N) is 1. The number of carbonyl (C=O) groups is 3. The number of rotatable bonds is 8. The Labute approximate surface area is 215 Å². The van der Waals surface area contributed by atoms with Crippen molar-refractivity contribution < 1.29 is 23.9 Å². The van der Waals surface area contributed by atoms with Gasteiger partial charge in [0.1, 0.15) is 0 Å². The molecule has 0 spiro atoms. The zero-order valence-corrected chi connectivity index (χ0v) is 20.4. The average Bonchev–Trinajstić information content (AvgIpc) is 2.85. The summed E-state index contributed by atoms with van der Waals surface area (Å²) in [4.78, 5) is 36.4. The van der Waals surface area contributed by atoms with Crippen LogP contribution in [0.25, 0.3) is 0 Å². The first-order chi connectivity index (χ1) is 16.8. The molecular formula is C24H18Cl3N3O5. The number of ether oxygens (including phenoxy) is 2. The van der Waals surface area contributed by atoms with E-state index in [9.17, 15) is 14.4 Å². The van der Waals surface area contributed by atoms with Crippen molar-refractivity contribution in [1.82, 2.24) is 10.7 Å². The predicted molar refractivity (Wildman–Crippen MR) is 134 cm³/mol. The minimum Gasteiger partial charge on any atom is -0.493 e. The Morgan fingerprint density at radius 3 is 2.29 bits per heavy atom. The molecule has 0 unspecified atom stereocenters. The van der Waals surface area contributed by atoms with E-state index < -0.39 is 17.8 Å². The number of nitrogens with one attached hydrogen (secondary N) is 2. The lowest BCUT2D eigenvalue weighted by atomic mass is 10.2. The summed E-state index contributed by atoms with van der Waals surface area (Å²) in [5, 5.41) is 7.36. The second-order valence-electron chi connectivity index (χ2n) is 6.91. The summed E-state index contributed by atoms with van der Waals surface area (Å²) >= 11 is 17.5. The molecule has 8 nitrogen and oxygen atoms in total. The van der Waals surface area contributed by atoms with Crippen LogP contribution in [0.3, 0.4) is 0 Å². The van der Waals surface area contributed by atoms with Crippen molar-refractivity contribution in [2.75, 3.05) is 13.7 Å². The lowest BCUT2D eigenvalue weighted by Crippen LogP contribution is -2.34. The van der Waals surface area contributed by atoms with E-state index in [0.29, 0.717) is 21.2 Å². The van der Waals surface area contributed by atoms with Crippen LogP contribution in [0.4, 0.5) is 0 Å². The van der Waals surface area contributed by atoms with Gasteiger partial charge in [0.05, 0.1) is 35.5 Å². The van der Waals surface area contributed by atoms with Gasteiger partial charge in [-0.05, 0) is 66.2 Å². The average molecular weight is 535 g/mol. The highest BCUT2D eigenvalue weighted by Crippen LogP contribution is 2.28. The Balaban J connectivity index is 1.54. The van der Waals surface area contributed by atoms with Gasteiger partial charge >= 0.3 is 5.97 Å². The van der Waals surface area contributed by atoms with Crippen LogP contribution in [-0.2, 0) is 4.79 Å². The smallest absolute Gasteiger partial charge is 0.343 e. The van der Waals surface area contributed by atoms with Crippen molar-refractivity contribution >= 4 is 58.8 Å². The molecule has 0 bridgehead atoms. The first-order valence-electron chi connectivity index (χ1n) is 9.97. The van der Waals surface area contributed by atoms with E-state index >= 15 is 0 Å². The molecule has 3 aromatic rings. The molecule has 0 aromatic heterocycles. The zero-order chi connectivity index (χ0) is 25.4. The number of hydrazone groups is 1. The Kier molecular flexibility index (Phi) is 9.08. The maximum Gasteiger partial charge on any atom is 0.343 e. The van der Waals surface area contributed by atoms with Crippen LogP contribution in [0.2, 0.25) is 15.1 Å². The summed E-state index contributed by atoms with van der Waals surface area (Å²) in [6, 6.07) is 15.4. The van der Waals surface area contributed by atoms with Gasteiger partial charge in [-0.25, -0.2) is 10.2 Å². The number of halogens is 3. The molecule has 0 saturated heterocycles. The van der Waals surface area contributed by atoms with Gasteiger partial charge in [-0.1, -0.05) is 34.8 Å². The standard InChI is InChI=1S/C24H18Cl3N3O5/c1-34-21-10-14(2-9-20(21)35-24(33)15-3-6-17(25)7-4-15)12-29-30-22(31)13-28-23(32)16-5-8-18(26)19(27)11-16/h2-12H,13H2,1H3,(H,28,32)(H,30,31)/b29-12+. The van der Waals surface area contributed by atoms with E-state index in [1.807, 2.05) is 0 Å². The van der Waals surface area contributed by atoms with Crippen LogP contribution in [0.5, 0.6) is 11.5 Å². The van der Waals surface area contributed by atoms with E-state index in [1.165, 1.54) is 37.6 Å². The van der Waals surface area contributed by atoms with Crippen LogP contribution in [0, 0.1) is 0 Å². The number of amides is 2. The monoisotopic (exact) mass is 533 g/mol. The fraction of sp³-hybridized carbons (Fsp3) is 0.0833. The summed E-state index contributed by atoms with van der Waals surface area (Å²) in [5.41, 5.74) is 3.46. The predicted octanol–water partition coefficient (Wildman–Crippen LogP) is 4.75. The van der Waals surface area contributed by atoms with Gasteiger partial charge in [0.15, 0.2) is 11.5 Å². The van der Waals surface area contributed by atoms with Gasteiger partial charge < -0.3 is 14.8 Å². The third-order valence-corrected chi connectivity index (χ3v) is 5.46. The normalized spacial score (nSPS) is 10.6. The van der Waals surface area contributed by atoms with Gasteiger partial charge in [-0.3, -0.25) is 9.59 Å². The third kappa shape index (κ3) is 7.45. The molecule has 11 heteroatoms. The Hall–Kier alpha value is -3.59. The van der Waals surface area contributed by atoms with Crippen molar-refractivity contribution in [1.29, 1.82) is 0 Å². The van der Waals surface area contributed by atoms with Crippen LogP contribution < -0.4 is 20.2 Å². The van der Waals surface area contributed by atoms with Crippen molar-refractivity contribution in [3.05, 3.63) is 92.4 Å². The van der Waals surface area contributed by atoms with Crippen LogP contribution in [0.15, 0.2) is 65.8 Å². The van der Waals surface area contributed by atoms with Crippen molar-refractivity contribution in [3.63, 3.8) is 0 Å². The largest absolute Gasteiger partial charge is 0.493 e. The van der Waals surface area contributed by atoms with Gasteiger partial charge in [0, 0.05) is 10.6 Å². The molecule has 3 aromatic carbocycles. The molecule has 0 fully saturated rings. The summed E-state index contributed by atoms with van der Waals surface area (Å²) in [6.07, 6.45) is 1.37. The molecule has 0 aliphatic rings. The molecule has 0 radical (unpaired) electrons. The molecular weight excluding hydrogens is 517 g/mol. The molecule has 2 amide bonds. The maximum atomic E-state index is 12.3. The van der Waals surface area contributed by atoms with E-state index in [-0.39, 0.29) is 28.6 Å². The van der Waals surface area contributed by atoms with Crippen LogP contribution in [-0.4, -0.2) is 37.7 Å². The highest BCUT2D eigenvalue weighted by atomic mass is 35.5. The summed E-state index contributed by atoms with van der Waals surface area (Å²) in [5.74, 6) is -1.11. The van der Waals surface area contributed by atoms with Gasteiger partial charge in [0.2, 0.25) is 0 Å². The number of hydrogen-bond donors (Lipinski definition) is 2. The molecule has 0 heterocycles. The number of carbonyl (C=O) groups excluding carboxylic acids is 3. The third-order valence-electron chi connectivity index (χ3n) is 4.46. The first kappa shape index (κ1) is 26.0. The second-order valence-corrected chi connectivity index (χ2v) is 8.16. The van der Waals surface area contributed by atoms with E-state index in [0.717, 1.165) is 0 Å². The lowest BCUT2D eigenvalue weighted by molar-refractivity contribution is -0.120. The topological polar surface area (TPSA) is 106 Å². The minimum atomic E-state index is -0.573. The molecule has 35 heavy (non-hydrogen) atoms. The van der Waals surface area contributed by atoms with Gasteiger partial charge in [-0.2, -0.15) is 5.10 Å². The molecule has 0 aliphatic carbocycles. The maximum absolute atomic E-state index is 12.3. The Morgan fingerprint density at radius 2 is 1.60 bits per heavy atom. The van der Waals surface area contributed by atoms with Gasteiger partial charge in [-0.15, -0.1) is 0 Å². The first-order valence-corrected chi connectivity index (χ1v) is 11.1. The number of methoxy groups -OCH3 is 1. The Morgan fingerprint density at radius 1 is 0.886 bits per heavy atom. The van der Waals surface area contributed by atoms with E-state index in [1.54, 1.807) is 36.4 Å². The molecule has 180 valence electrons. The van der Waals surface area contributed by atoms with Crippen LogP contribution in [0.1, 0.15) is 26.3 Å². The molecule has 0 atom stereocenters. The number of hydrogen-bond acceptors (Lipinski definition) is 6. The van der Waals surface area contributed by atoms with Crippen molar-refractivity contribution in [2.45, 2.75) is 0 Å². The SMILES string of the molecule is COc1cc(/C=N/NC(=O)CNC(=O)c2ccc(Cl)c(Cl)c2)ccc1OC(=O)c1ccc(Cl)cc1. The van der Waals surface area contributed by atoms with E-state index in [4.69, 9.17) is 44.3 Å². The minimum absolute atomic E-state index is 0.207. The quantitative estimate of drug-likeness (QED) is 0.188. The molecule has 3 rings (SSSR count). The molecule has 0 saturated carbocycles. The lowest BCUT2D eigenvalue weighted by Gasteiger charge is -2.10. The summed E-state index contributed by atoms with van der Waals surface area (Å²) in [6.45, 7) is -0.306. The summed E-state index contributed by atoms with van der Waals surface area (Å²) < 4.78 is 10.7. The highest BCUT2D eigenvalue weighted by molar-refractivity contribution is 6.42. The highest BCUT2D eigenvalue weighted by Gasteiger charge is 2.13. The van der Waals surface area contributed by atoms with Crippen molar-refractivity contribution in [2.24, 2.45) is 5.10 Å². The zero-order valence-electron chi connectivity index (χ0n) is 18.2. The van der Waals surface area contributed by atoms with Crippen molar-refractivity contribution in [3.8, 4) is 11.5 Å². The Bertz CT molecular complexity index is 1280.